The maximum Gasteiger partial charge on any atom is 0.270 e. The molecule has 186 valence electrons. The molecule has 0 saturated carbocycles. The van der Waals surface area contributed by atoms with Crippen LogP contribution in [0.2, 0.25) is 0 Å². The number of thioether (sulfide) groups is 1. The molecule has 0 aliphatic heterocycles. The first-order valence-electron chi connectivity index (χ1n) is 11.6. The molecule has 1 unspecified atom stereocenters. The van der Waals surface area contributed by atoms with Gasteiger partial charge in [0.1, 0.15) is 0 Å². The Labute approximate surface area is 221 Å². The average molecular weight is 530 g/mol. The number of hydrogen-bond acceptors (Lipinski definition) is 7. The SMILES string of the molecule is CC(Sc1nc2ccccc2n1CCc1ccccc1)C(=O)Nc1nc(-c2cccc([N+](=O)[O-])c2)cs1. The molecule has 0 fully saturated rings. The lowest BCUT2D eigenvalue weighted by Gasteiger charge is -2.13. The maximum atomic E-state index is 13.0. The summed E-state index contributed by atoms with van der Waals surface area (Å²) in [7, 11) is 0. The van der Waals surface area contributed by atoms with Gasteiger partial charge in [-0.3, -0.25) is 14.9 Å². The van der Waals surface area contributed by atoms with Crippen LogP contribution in [-0.2, 0) is 17.8 Å². The Kier molecular flexibility index (Phi) is 7.29. The zero-order chi connectivity index (χ0) is 25.8. The van der Waals surface area contributed by atoms with Gasteiger partial charge in [-0.05, 0) is 31.0 Å². The molecule has 0 aliphatic carbocycles. The number of rotatable bonds is 9. The molecule has 1 atom stereocenters. The Bertz CT molecular complexity index is 1560. The lowest BCUT2D eigenvalue weighted by Crippen LogP contribution is -2.23. The number of aryl methyl sites for hydroxylation is 2. The van der Waals surface area contributed by atoms with Crippen LogP contribution in [0.3, 0.4) is 0 Å². The molecule has 0 radical (unpaired) electrons. The number of amides is 1. The first-order valence-corrected chi connectivity index (χ1v) is 13.4. The van der Waals surface area contributed by atoms with Crippen molar-refractivity contribution in [3.8, 4) is 11.3 Å². The number of thiazole rings is 1. The fourth-order valence-corrected chi connectivity index (χ4v) is 5.58. The normalized spacial score (nSPS) is 11.9. The van der Waals surface area contributed by atoms with E-state index >= 15 is 0 Å². The Morgan fingerprint density at radius 2 is 1.86 bits per heavy atom. The van der Waals surface area contributed by atoms with Crippen LogP contribution in [0.1, 0.15) is 12.5 Å². The van der Waals surface area contributed by atoms with Crippen molar-refractivity contribution in [3.63, 3.8) is 0 Å². The number of carbonyl (C=O) groups excluding carboxylic acids is 1. The number of nitro groups is 1. The number of hydrogen-bond donors (Lipinski definition) is 1. The van der Waals surface area contributed by atoms with Crippen molar-refractivity contribution in [3.05, 3.63) is 99.9 Å². The van der Waals surface area contributed by atoms with Gasteiger partial charge in [0.15, 0.2) is 10.3 Å². The number of para-hydroxylation sites is 2. The quantitative estimate of drug-likeness (QED) is 0.134. The van der Waals surface area contributed by atoms with E-state index in [9.17, 15) is 14.9 Å². The number of nitrogens with one attached hydrogen (secondary N) is 1. The summed E-state index contributed by atoms with van der Waals surface area (Å²) in [5, 5.41) is 16.5. The summed E-state index contributed by atoms with van der Waals surface area (Å²) in [6, 6.07) is 24.6. The van der Waals surface area contributed by atoms with Crippen molar-refractivity contribution in [2.75, 3.05) is 5.32 Å². The Balaban J connectivity index is 1.29. The molecule has 0 bridgehead atoms. The van der Waals surface area contributed by atoms with Crippen LogP contribution in [0.5, 0.6) is 0 Å². The predicted octanol–water partition coefficient (Wildman–Crippen LogP) is 6.43. The molecule has 37 heavy (non-hydrogen) atoms. The number of non-ortho nitro benzene ring substituents is 1. The highest BCUT2D eigenvalue weighted by Gasteiger charge is 2.21. The van der Waals surface area contributed by atoms with E-state index in [1.807, 2.05) is 49.4 Å². The number of nitro benzene ring substituents is 1. The highest BCUT2D eigenvalue weighted by Crippen LogP contribution is 2.30. The molecule has 5 aromatic rings. The van der Waals surface area contributed by atoms with Crippen molar-refractivity contribution < 1.29 is 9.72 Å². The minimum atomic E-state index is -0.440. The largest absolute Gasteiger partial charge is 0.319 e. The highest BCUT2D eigenvalue weighted by molar-refractivity contribution is 8.00. The standard InChI is InChI=1S/C27H23N5O3S2/c1-18(25(33)30-26-28-23(17-36-26)20-10-7-11-21(16-20)32(34)35)37-27-29-22-12-5-6-13-24(22)31(27)15-14-19-8-3-2-4-9-19/h2-13,16-18H,14-15H2,1H3,(H,28,30,33). The number of nitrogens with zero attached hydrogens (tertiary/aromatic N) is 4. The van der Waals surface area contributed by atoms with Crippen LogP contribution in [0.25, 0.3) is 22.3 Å². The Hall–Kier alpha value is -4.02. The van der Waals surface area contributed by atoms with Crippen LogP contribution in [0.4, 0.5) is 10.8 Å². The zero-order valence-corrected chi connectivity index (χ0v) is 21.5. The van der Waals surface area contributed by atoms with E-state index in [0.29, 0.717) is 16.4 Å². The molecule has 5 rings (SSSR count). The summed E-state index contributed by atoms with van der Waals surface area (Å²) in [5.41, 5.74) is 4.37. The summed E-state index contributed by atoms with van der Waals surface area (Å²) in [5.74, 6) is -0.188. The van der Waals surface area contributed by atoms with Gasteiger partial charge in [-0.25, -0.2) is 9.97 Å². The predicted molar refractivity (Wildman–Crippen MR) is 148 cm³/mol. The molecule has 8 nitrogen and oxygen atoms in total. The summed E-state index contributed by atoms with van der Waals surface area (Å²) in [6.45, 7) is 2.59. The zero-order valence-electron chi connectivity index (χ0n) is 19.9. The van der Waals surface area contributed by atoms with Crippen LogP contribution < -0.4 is 5.32 Å². The minimum Gasteiger partial charge on any atom is -0.319 e. The highest BCUT2D eigenvalue weighted by atomic mass is 32.2. The van der Waals surface area contributed by atoms with E-state index in [1.54, 1.807) is 17.5 Å². The monoisotopic (exact) mass is 529 g/mol. The number of carbonyl (C=O) groups is 1. The van der Waals surface area contributed by atoms with Crippen LogP contribution in [0.15, 0.2) is 89.4 Å². The van der Waals surface area contributed by atoms with E-state index < -0.39 is 10.2 Å². The van der Waals surface area contributed by atoms with Crippen LogP contribution in [0, 0.1) is 10.1 Å². The van der Waals surface area contributed by atoms with Crippen LogP contribution >= 0.6 is 23.1 Å². The van der Waals surface area contributed by atoms with Gasteiger partial charge < -0.3 is 9.88 Å². The van der Waals surface area contributed by atoms with Crippen molar-refractivity contribution in [1.29, 1.82) is 0 Å². The van der Waals surface area contributed by atoms with E-state index in [4.69, 9.17) is 4.98 Å². The smallest absolute Gasteiger partial charge is 0.270 e. The molecule has 1 amide bonds. The fourth-order valence-electron chi connectivity index (χ4n) is 3.91. The molecule has 0 spiro atoms. The van der Waals surface area contributed by atoms with Crippen LogP contribution in [-0.4, -0.2) is 30.6 Å². The third-order valence-electron chi connectivity index (χ3n) is 5.82. The second-order valence-corrected chi connectivity index (χ2v) is 10.5. The minimum absolute atomic E-state index is 0.00346. The van der Waals surface area contributed by atoms with Gasteiger partial charge in [0, 0.05) is 29.6 Å². The number of imidazole rings is 1. The fraction of sp³-hybridized carbons (Fsp3) is 0.148. The van der Waals surface area contributed by atoms with Gasteiger partial charge in [0.25, 0.3) is 5.69 Å². The molecule has 1 N–H and O–H groups in total. The topological polar surface area (TPSA) is 103 Å². The molecular weight excluding hydrogens is 506 g/mol. The molecule has 10 heteroatoms. The second kappa shape index (κ2) is 10.9. The van der Waals surface area contributed by atoms with Crippen molar-refractivity contribution in [2.45, 2.75) is 30.3 Å². The second-order valence-electron chi connectivity index (χ2n) is 8.36. The van der Waals surface area contributed by atoms with Crippen molar-refractivity contribution in [1.82, 2.24) is 14.5 Å². The first kappa shape index (κ1) is 24.7. The average Bonchev–Trinajstić information content (AvgIpc) is 3.52. The van der Waals surface area contributed by atoms with Gasteiger partial charge in [0.05, 0.1) is 26.9 Å². The maximum absolute atomic E-state index is 13.0. The summed E-state index contributed by atoms with van der Waals surface area (Å²) < 4.78 is 2.17. The number of aromatic nitrogens is 3. The molecule has 2 heterocycles. The Morgan fingerprint density at radius 1 is 1.08 bits per heavy atom. The lowest BCUT2D eigenvalue weighted by atomic mass is 10.1. The summed E-state index contributed by atoms with van der Waals surface area (Å²) in [4.78, 5) is 32.9. The third-order valence-corrected chi connectivity index (χ3v) is 7.67. The summed E-state index contributed by atoms with van der Waals surface area (Å²) in [6.07, 6.45) is 0.856. The molecule has 3 aromatic carbocycles. The third kappa shape index (κ3) is 5.71. The Morgan fingerprint density at radius 3 is 2.68 bits per heavy atom. The van der Waals surface area contributed by atoms with E-state index in [-0.39, 0.29) is 11.6 Å². The van der Waals surface area contributed by atoms with Gasteiger partial charge in [-0.1, -0.05) is 66.4 Å². The molecule has 0 aliphatic rings. The van der Waals surface area contributed by atoms with E-state index in [2.05, 4.69) is 27.0 Å². The van der Waals surface area contributed by atoms with Gasteiger partial charge in [-0.15, -0.1) is 11.3 Å². The van der Waals surface area contributed by atoms with Crippen molar-refractivity contribution in [2.24, 2.45) is 0 Å². The van der Waals surface area contributed by atoms with Gasteiger partial charge in [0.2, 0.25) is 5.91 Å². The summed E-state index contributed by atoms with van der Waals surface area (Å²) >= 11 is 2.69. The number of fused-ring (bicyclic) bond motifs is 1. The van der Waals surface area contributed by atoms with E-state index in [0.717, 1.165) is 29.2 Å². The number of anilines is 1. The van der Waals surface area contributed by atoms with Gasteiger partial charge in [-0.2, -0.15) is 0 Å². The van der Waals surface area contributed by atoms with Gasteiger partial charge >= 0.3 is 0 Å². The molecule has 0 saturated heterocycles. The lowest BCUT2D eigenvalue weighted by molar-refractivity contribution is -0.384. The first-order chi connectivity index (χ1) is 18.0. The number of benzene rings is 3. The molecular formula is C27H23N5O3S2. The van der Waals surface area contributed by atoms with Crippen molar-refractivity contribution >= 4 is 50.9 Å². The molecule has 2 aromatic heterocycles. The van der Waals surface area contributed by atoms with E-state index in [1.165, 1.54) is 40.8 Å².